The average Bonchev–Trinajstić information content (AvgIpc) is 3.05. The third-order valence-corrected chi connectivity index (χ3v) is 5.58. The Bertz CT molecular complexity index is 822. The molecule has 27 heavy (non-hydrogen) atoms. The van der Waals surface area contributed by atoms with Crippen LogP contribution in [0.15, 0.2) is 42.7 Å². The summed E-state index contributed by atoms with van der Waals surface area (Å²) in [5.74, 6) is 0.418. The summed E-state index contributed by atoms with van der Waals surface area (Å²) < 4.78 is 0. The van der Waals surface area contributed by atoms with Crippen LogP contribution < -0.4 is 0 Å². The van der Waals surface area contributed by atoms with E-state index < -0.39 is 0 Å². The van der Waals surface area contributed by atoms with Gasteiger partial charge in [-0.05, 0) is 31.2 Å². The minimum atomic E-state index is -0.0947. The molecule has 140 valence electrons. The van der Waals surface area contributed by atoms with E-state index >= 15 is 0 Å². The van der Waals surface area contributed by atoms with E-state index in [0.717, 1.165) is 24.1 Å². The summed E-state index contributed by atoms with van der Waals surface area (Å²) in [6, 6.07) is 10.1. The Morgan fingerprint density at radius 1 is 1.15 bits per heavy atom. The van der Waals surface area contributed by atoms with Gasteiger partial charge in [0.25, 0.3) is 5.91 Å². The molecule has 1 aromatic carbocycles. The number of nitrogens with zero attached hydrogens (tertiary/aromatic N) is 4. The largest absolute Gasteiger partial charge is 0.335 e. The van der Waals surface area contributed by atoms with Crippen molar-refractivity contribution >= 4 is 11.8 Å². The van der Waals surface area contributed by atoms with Gasteiger partial charge in [0, 0.05) is 32.3 Å². The van der Waals surface area contributed by atoms with Crippen molar-refractivity contribution in [2.45, 2.75) is 38.8 Å². The highest BCUT2D eigenvalue weighted by Gasteiger charge is 2.42. The van der Waals surface area contributed by atoms with Crippen molar-refractivity contribution in [1.29, 1.82) is 0 Å². The first-order valence-corrected chi connectivity index (χ1v) is 9.53. The van der Waals surface area contributed by atoms with Crippen LogP contribution in [0.4, 0.5) is 0 Å². The molecule has 2 aliphatic heterocycles. The van der Waals surface area contributed by atoms with Gasteiger partial charge >= 0.3 is 0 Å². The number of carbonyl (C=O) groups is 2. The van der Waals surface area contributed by atoms with Gasteiger partial charge in [-0.1, -0.05) is 30.3 Å². The Kier molecular flexibility index (Phi) is 4.88. The Balaban J connectivity index is 1.54. The quantitative estimate of drug-likeness (QED) is 0.839. The van der Waals surface area contributed by atoms with Gasteiger partial charge in [-0.2, -0.15) is 0 Å². The second kappa shape index (κ2) is 7.47. The molecule has 6 heteroatoms. The van der Waals surface area contributed by atoms with Crippen molar-refractivity contribution in [3.63, 3.8) is 0 Å². The zero-order valence-electron chi connectivity index (χ0n) is 15.5. The lowest BCUT2D eigenvalue weighted by Crippen LogP contribution is -2.43. The fourth-order valence-corrected chi connectivity index (χ4v) is 4.15. The molecule has 0 N–H and O–H groups in total. The third-order valence-electron chi connectivity index (χ3n) is 5.58. The van der Waals surface area contributed by atoms with Crippen LogP contribution in [0.2, 0.25) is 0 Å². The number of carbonyl (C=O) groups excluding carboxylic acids is 2. The summed E-state index contributed by atoms with van der Waals surface area (Å²) in [6.45, 7) is 3.70. The lowest BCUT2D eigenvalue weighted by Gasteiger charge is -2.30. The van der Waals surface area contributed by atoms with Crippen molar-refractivity contribution in [1.82, 2.24) is 19.8 Å². The van der Waals surface area contributed by atoms with Crippen molar-refractivity contribution in [2.24, 2.45) is 5.92 Å². The molecule has 2 aliphatic rings. The minimum absolute atomic E-state index is 0.0718. The monoisotopic (exact) mass is 364 g/mol. The smallest absolute Gasteiger partial charge is 0.274 e. The molecule has 0 aliphatic carbocycles. The summed E-state index contributed by atoms with van der Waals surface area (Å²) in [5.41, 5.74) is 2.29. The predicted octanol–water partition coefficient (Wildman–Crippen LogP) is 2.44. The van der Waals surface area contributed by atoms with Crippen LogP contribution in [0.5, 0.6) is 0 Å². The Labute approximate surface area is 159 Å². The highest BCUT2D eigenvalue weighted by molar-refractivity contribution is 5.92. The van der Waals surface area contributed by atoms with Crippen LogP contribution in [-0.2, 0) is 11.3 Å². The van der Waals surface area contributed by atoms with Crippen LogP contribution in [0.1, 0.15) is 41.0 Å². The lowest BCUT2D eigenvalue weighted by atomic mass is 9.98. The molecule has 1 aromatic heterocycles. The van der Waals surface area contributed by atoms with Crippen LogP contribution in [-0.4, -0.2) is 50.7 Å². The molecule has 4 rings (SSSR count). The Hall–Kier alpha value is -2.76. The van der Waals surface area contributed by atoms with Crippen LogP contribution in [0.25, 0.3) is 0 Å². The van der Waals surface area contributed by atoms with Gasteiger partial charge in [0.2, 0.25) is 5.91 Å². The molecule has 2 fully saturated rings. The highest BCUT2D eigenvalue weighted by Crippen LogP contribution is 2.32. The summed E-state index contributed by atoms with van der Waals surface area (Å²) in [7, 11) is 0. The van der Waals surface area contributed by atoms with Gasteiger partial charge in [-0.3, -0.25) is 14.6 Å². The topological polar surface area (TPSA) is 66.4 Å². The van der Waals surface area contributed by atoms with Crippen LogP contribution in [0, 0.1) is 12.8 Å². The van der Waals surface area contributed by atoms with Gasteiger partial charge < -0.3 is 9.80 Å². The fourth-order valence-electron chi connectivity index (χ4n) is 4.15. The van der Waals surface area contributed by atoms with Crippen LogP contribution in [0.3, 0.4) is 0 Å². The van der Waals surface area contributed by atoms with Crippen LogP contribution >= 0.6 is 0 Å². The first-order valence-electron chi connectivity index (χ1n) is 9.53. The predicted molar refractivity (Wildman–Crippen MR) is 101 cm³/mol. The zero-order chi connectivity index (χ0) is 18.8. The summed E-state index contributed by atoms with van der Waals surface area (Å²) in [6.07, 6.45) is 5.62. The van der Waals surface area contributed by atoms with E-state index in [4.69, 9.17) is 0 Å². The van der Waals surface area contributed by atoms with Crippen molar-refractivity contribution < 1.29 is 9.59 Å². The minimum Gasteiger partial charge on any atom is -0.335 e. The molecule has 0 saturated carbocycles. The number of rotatable bonds is 3. The standard InChI is InChI=1S/C21H24N4O2/c1-15-10-23-18(11-22-15)21(27)24-13-17-8-5-9-20(26)25(19(17)14-24)12-16-6-3-2-4-7-16/h2-4,6-7,10-11,17,19H,5,8-9,12-14H2,1H3/t17-,19+/m1/s1. The van der Waals surface area contributed by atoms with E-state index in [1.807, 2.05) is 47.1 Å². The molecule has 3 heterocycles. The third kappa shape index (κ3) is 3.70. The highest BCUT2D eigenvalue weighted by atomic mass is 16.2. The Morgan fingerprint density at radius 3 is 2.70 bits per heavy atom. The molecule has 0 unspecified atom stereocenters. The fraction of sp³-hybridized carbons (Fsp3) is 0.429. The van der Waals surface area contributed by atoms with Gasteiger partial charge in [0.1, 0.15) is 5.69 Å². The number of hydrogen-bond donors (Lipinski definition) is 0. The van der Waals surface area contributed by atoms with Crippen molar-refractivity contribution in [2.75, 3.05) is 13.1 Å². The van der Waals surface area contributed by atoms with E-state index in [0.29, 0.717) is 37.7 Å². The molecule has 0 radical (unpaired) electrons. The SMILES string of the molecule is Cc1cnc(C(=O)N2C[C@H]3CCCC(=O)N(Cc4ccccc4)[C@H]3C2)cn1. The van der Waals surface area contributed by atoms with Crippen molar-refractivity contribution in [3.8, 4) is 0 Å². The summed E-state index contributed by atoms with van der Waals surface area (Å²) >= 11 is 0. The normalized spacial score (nSPS) is 22.5. The lowest BCUT2D eigenvalue weighted by molar-refractivity contribution is -0.133. The van der Waals surface area contributed by atoms with Gasteiger partial charge in [-0.25, -0.2) is 4.98 Å². The molecule has 2 saturated heterocycles. The van der Waals surface area contributed by atoms with E-state index in [9.17, 15) is 9.59 Å². The van der Waals surface area contributed by atoms with E-state index in [2.05, 4.69) is 9.97 Å². The first kappa shape index (κ1) is 17.6. The zero-order valence-corrected chi connectivity index (χ0v) is 15.5. The number of aromatic nitrogens is 2. The molecule has 6 nitrogen and oxygen atoms in total. The maximum atomic E-state index is 12.9. The Morgan fingerprint density at radius 2 is 1.96 bits per heavy atom. The second-order valence-corrected chi connectivity index (χ2v) is 7.48. The molecular formula is C21H24N4O2. The van der Waals surface area contributed by atoms with Gasteiger partial charge in [0.15, 0.2) is 0 Å². The molecule has 0 bridgehead atoms. The number of aryl methyl sites for hydroxylation is 1. The van der Waals surface area contributed by atoms with Gasteiger partial charge in [-0.15, -0.1) is 0 Å². The number of fused-ring (bicyclic) bond motifs is 1. The number of benzene rings is 1. The molecular weight excluding hydrogens is 340 g/mol. The summed E-state index contributed by atoms with van der Waals surface area (Å²) in [5, 5.41) is 0. The second-order valence-electron chi connectivity index (χ2n) is 7.48. The van der Waals surface area contributed by atoms with E-state index in [1.165, 1.54) is 0 Å². The molecule has 2 atom stereocenters. The molecule has 0 spiro atoms. The van der Waals surface area contributed by atoms with Crippen molar-refractivity contribution in [3.05, 3.63) is 59.7 Å². The molecule has 2 aromatic rings. The summed E-state index contributed by atoms with van der Waals surface area (Å²) in [4.78, 5) is 37.8. The number of amides is 2. The van der Waals surface area contributed by atoms with E-state index in [-0.39, 0.29) is 17.9 Å². The average molecular weight is 364 g/mol. The maximum Gasteiger partial charge on any atom is 0.274 e. The molecule has 2 amide bonds. The van der Waals surface area contributed by atoms with E-state index in [1.54, 1.807) is 12.4 Å². The maximum absolute atomic E-state index is 12.9. The van der Waals surface area contributed by atoms with Gasteiger partial charge in [0.05, 0.1) is 17.9 Å². The number of hydrogen-bond acceptors (Lipinski definition) is 4. The number of likely N-dealkylation sites (tertiary alicyclic amines) is 2. The first-order chi connectivity index (χ1) is 13.1.